The third-order valence-electron chi connectivity index (χ3n) is 10.3. The predicted molar refractivity (Wildman–Crippen MR) is 184 cm³/mol. The summed E-state index contributed by atoms with van der Waals surface area (Å²) in [5, 5.41) is 4.40. The Morgan fingerprint density at radius 2 is 1.37 bits per heavy atom. The molecule has 3 fully saturated rings. The van der Waals surface area contributed by atoms with E-state index in [2.05, 4.69) is 24.1 Å². The van der Waals surface area contributed by atoms with Crippen LogP contribution < -0.4 is 5.32 Å². The van der Waals surface area contributed by atoms with E-state index in [0.717, 1.165) is 44.1 Å². The molecule has 3 aliphatic rings. The number of halogens is 1. The van der Waals surface area contributed by atoms with Gasteiger partial charge in [-0.1, -0.05) is 61.2 Å². The Bertz CT molecular complexity index is 1270. The summed E-state index contributed by atoms with van der Waals surface area (Å²) < 4.78 is 0. The molecular formula is C37H52ClN5O3. The first-order valence-electron chi connectivity index (χ1n) is 17.6. The molecule has 2 aromatic rings. The second kappa shape index (κ2) is 16.6. The highest BCUT2D eigenvalue weighted by molar-refractivity contribution is 6.30. The lowest BCUT2D eigenvalue weighted by molar-refractivity contribution is -0.135. The number of urea groups is 1. The fraction of sp³-hybridized carbons (Fsp3) is 0.595. The SMILES string of the molecule is CCN(CC)C(=O)N(C1CCCCC1)C1CCN(C(=O)[C@H](Cc2ccc(Cl)cc2)NC2CCN(C(=O)c3ccccc3)CC2)CC1. The van der Waals surface area contributed by atoms with Crippen LogP contribution in [0.5, 0.6) is 0 Å². The minimum absolute atomic E-state index is 0.0671. The molecule has 0 bridgehead atoms. The van der Waals surface area contributed by atoms with E-state index in [0.29, 0.717) is 62.3 Å². The Hall–Kier alpha value is -3.10. The van der Waals surface area contributed by atoms with Crippen LogP contribution in [0.3, 0.4) is 0 Å². The van der Waals surface area contributed by atoms with Crippen molar-refractivity contribution in [3.63, 3.8) is 0 Å². The van der Waals surface area contributed by atoms with E-state index in [1.807, 2.05) is 69.3 Å². The highest BCUT2D eigenvalue weighted by atomic mass is 35.5. The van der Waals surface area contributed by atoms with Gasteiger partial charge >= 0.3 is 6.03 Å². The molecule has 9 heteroatoms. The maximum atomic E-state index is 14.2. The maximum absolute atomic E-state index is 14.2. The van der Waals surface area contributed by atoms with E-state index < -0.39 is 0 Å². The van der Waals surface area contributed by atoms with E-state index in [1.54, 1.807) is 0 Å². The van der Waals surface area contributed by atoms with Gasteiger partial charge in [-0.3, -0.25) is 9.59 Å². The summed E-state index contributed by atoms with van der Waals surface area (Å²) in [5.41, 5.74) is 1.78. The van der Waals surface area contributed by atoms with Crippen LogP contribution in [0, 0.1) is 0 Å². The van der Waals surface area contributed by atoms with E-state index >= 15 is 0 Å². The molecule has 2 heterocycles. The molecule has 2 aliphatic heterocycles. The van der Waals surface area contributed by atoms with Gasteiger partial charge in [-0.05, 0) is 88.6 Å². The summed E-state index contributed by atoms with van der Waals surface area (Å²) >= 11 is 6.17. The molecule has 0 radical (unpaired) electrons. The maximum Gasteiger partial charge on any atom is 0.320 e. The number of nitrogens with zero attached hydrogens (tertiary/aromatic N) is 4. The topological polar surface area (TPSA) is 76.2 Å². The Balaban J connectivity index is 1.23. The zero-order chi connectivity index (χ0) is 32.5. The van der Waals surface area contributed by atoms with Gasteiger partial charge in [0.2, 0.25) is 5.91 Å². The van der Waals surface area contributed by atoms with Crippen molar-refractivity contribution in [3.8, 4) is 0 Å². The summed E-state index contributed by atoms with van der Waals surface area (Å²) in [5.74, 6) is 0.188. The molecule has 0 aromatic heterocycles. The number of hydrogen-bond acceptors (Lipinski definition) is 4. The first-order chi connectivity index (χ1) is 22.4. The van der Waals surface area contributed by atoms with Crippen LogP contribution in [0.2, 0.25) is 5.02 Å². The van der Waals surface area contributed by atoms with E-state index in [1.165, 1.54) is 19.3 Å². The van der Waals surface area contributed by atoms with E-state index in [-0.39, 0.29) is 36.0 Å². The van der Waals surface area contributed by atoms with Crippen LogP contribution in [-0.4, -0.2) is 101 Å². The molecule has 1 saturated carbocycles. The highest BCUT2D eigenvalue weighted by Crippen LogP contribution is 2.29. The molecule has 2 aromatic carbocycles. The molecular weight excluding hydrogens is 598 g/mol. The number of nitrogens with one attached hydrogen (secondary N) is 1. The Kier molecular flexibility index (Phi) is 12.4. The normalized spacial score (nSPS) is 19.1. The second-order valence-corrected chi connectivity index (χ2v) is 13.6. The fourth-order valence-electron chi connectivity index (χ4n) is 7.58. The van der Waals surface area contributed by atoms with Crippen LogP contribution in [0.4, 0.5) is 4.79 Å². The minimum Gasteiger partial charge on any atom is -0.341 e. The summed E-state index contributed by atoms with van der Waals surface area (Å²) in [6.07, 6.45) is 9.57. The van der Waals surface area contributed by atoms with Gasteiger partial charge in [0, 0.05) is 68.0 Å². The van der Waals surface area contributed by atoms with Crippen molar-refractivity contribution in [2.24, 2.45) is 0 Å². The third kappa shape index (κ3) is 8.62. The van der Waals surface area contributed by atoms with Crippen molar-refractivity contribution < 1.29 is 14.4 Å². The molecule has 250 valence electrons. The number of likely N-dealkylation sites (tertiary alicyclic amines) is 2. The third-order valence-corrected chi connectivity index (χ3v) is 10.5. The Labute approximate surface area is 280 Å². The first-order valence-corrected chi connectivity index (χ1v) is 18.0. The van der Waals surface area contributed by atoms with Crippen LogP contribution in [0.25, 0.3) is 0 Å². The van der Waals surface area contributed by atoms with Crippen LogP contribution >= 0.6 is 11.6 Å². The molecule has 1 aliphatic carbocycles. The van der Waals surface area contributed by atoms with Gasteiger partial charge in [-0.25, -0.2) is 4.79 Å². The number of piperidine rings is 2. The number of carbonyl (C=O) groups excluding carboxylic acids is 3. The zero-order valence-corrected chi connectivity index (χ0v) is 28.5. The highest BCUT2D eigenvalue weighted by Gasteiger charge is 2.38. The summed E-state index contributed by atoms with van der Waals surface area (Å²) in [4.78, 5) is 49.1. The van der Waals surface area contributed by atoms with E-state index in [9.17, 15) is 14.4 Å². The number of rotatable bonds is 10. The first kappa shape index (κ1) is 34.2. The average Bonchev–Trinajstić information content (AvgIpc) is 3.10. The van der Waals surface area contributed by atoms with Crippen molar-refractivity contribution >= 4 is 29.4 Å². The molecule has 2 saturated heterocycles. The monoisotopic (exact) mass is 649 g/mol. The van der Waals surface area contributed by atoms with Crippen LogP contribution in [0.1, 0.15) is 87.6 Å². The molecule has 1 atom stereocenters. The van der Waals surface area contributed by atoms with Crippen molar-refractivity contribution in [1.82, 2.24) is 24.9 Å². The smallest absolute Gasteiger partial charge is 0.320 e. The van der Waals surface area contributed by atoms with Gasteiger partial charge in [0.1, 0.15) is 0 Å². The van der Waals surface area contributed by atoms with Crippen molar-refractivity contribution in [2.75, 3.05) is 39.3 Å². The summed E-state index contributed by atoms with van der Waals surface area (Å²) in [6, 6.07) is 17.6. The summed E-state index contributed by atoms with van der Waals surface area (Å²) in [6.45, 7) is 8.18. The lowest BCUT2D eigenvalue weighted by atomic mass is 9.91. The molecule has 8 nitrogen and oxygen atoms in total. The number of carbonyl (C=O) groups is 3. The predicted octanol–water partition coefficient (Wildman–Crippen LogP) is 6.23. The van der Waals surface area contributed by atoms with Gasteiger partial charge in [-0.2, -0.15) is 0 Å². The van der Waals surface area contributed by atoms with Gasteiger partial charge in [0.15, 0.2) is 0 Å². The molecule has 0 unspecified atom stereocenters. The molecule has 5 rings (SSSR count). The lowest BCUT2D eigenvalue weighted by Crippen LogP contribution is -2.59. The van der Waals surface area contributed by atoms with Crippen LogP contribution in [0.15, 0.2) is 54.6 Å². The van der Waals surface area contributed by atoms with Gasteiger partial charge in [-0.15, -0.1) is 0 Å². The molecule has 1 N–H and O–H groups in total. The molecule has 0 spiro atoms. The van der Waals surface area contributed by atoms with Crippen molar-refractivity contribution in [3.05, 3.63) is 70.7 Å². The van der Waals surface area contributed by atoms with Crippen molar-refractivity contribution in [2.45, 2.75) is 102 Å². The average molecular weight is 650 g/mol. The lowest BCUT2D eigenvalue weighted by Gasteiger charge is -2.45. The van der Waals surface area contributed by atoms with Crippen molar-refractivity contribution in [1.29, 1.82) is 0 Å². The number of amides is 4. The quantitative estimate of drug-likeness (QED) is 0.331. The number of hydrogen-bond donors (Lipinski definition) is 1. The molecule has 46 heavy (non-hydrogen) atoms. The van der Waals surface area contributed by atoms with Gasteiger partial charge < -0.3 is 24.9 Å². The minimum atomic E-state index is -0.370. The van der Waals surface area contributed by atoms with E-state index in [4.69, 9.17) is 11.6 Å². The zero-order valence-electron chi connectivity index (χ0n) is 27.7. The second-order valence-electron chi connectivity index (χ2n) is 13.2. The van der Waals surface area contributed by atoms with Crippen LogP contribution in [-0.2, 0) is 11.2 Å². The fourth-order valence-corrected chi connectivity index (χ4v) is 7.71. The number of benzene rings is 2. The molecule has 4 amide bonds. The van der Waals surface area contributed by atoms with Gasteiger partial charge in [0.05, 0.1) is 6.04 Å². The Morgan fingerprint density at radius 3 is 1.98 bits per heavy atom. The summed E-state index contributed by atoms with van der Waals surface area (Å²) in [7, 11) is 0. The van der Waals surface area contributed by atoms with Gasteiger partial charge in [0.25, 0.3) is 5.91 Å². The largest absolute Gasteiger partial charge is 0.341 e. The Morgan fingerprint density at radius 1 is 0.783 bits per heavy atom. The standard InChI is InChI=1S/C37H52ClN5O3/c1-3-40(4-2)37(46)43(32-13-9-6-10-14-32)33-21-25-42(26-22-33)36(45)34(27-28-15-17-30(38)18-16-28)39-31-19-23-41(24-20-31)35(44)29-11-7-5-8-12-29/h5,7-8,11-12,15-18,31-34,39H,3-4,6,9-10,13-14,19-27H2,1-2H3/t34-/m0/s1.